The average molecular weight is 366 g/mol. The van der Waals surface area contributed by atoms with Crippen molar-refractivity contribution in [2.24, 2.45) is 0 Å². The number of fused-ring (bicyclic) bond motifs is 1. The van der Waals surface area contributed by atoms with Gasteiger partial charge in [0.15, 0.2) is 9.84 Å². The van der Waals surface area contributed by atoms with Crippen molar-refractivity contribution in [2.75, 3.05) is 24.6 Å². The summed E-state index contributed by atoms with van der Waals surface area (Å²) >= 11 is 0. The number of hydrogen-bond donors (Lipinski definition) is 1. The van der Waals surface area contributed by atoms with Gasteiger partial charge in [-0.2, -0.15) is 0 Å². The van der Waals surface area contributed by atoms with Gasteiger partial charge in [-0.15, -0.1) is 0 Å². The Kier molecular flexibility index (Phi) is 4.73. The number of piperazine rings is 1. The molecule has 0 radical (unpaired) electrons. The standard InChI is InChI=1S/C17H22N2O5S/c1-2-16(21)18-6-7-19(15-11-25(23,24)10-14(15)18)17(22)9-12-4-3-5-13(20)8-12/h3-5,8,14-15,20H,2,6-7,9-11H2,1H3. The van der Waals surface area contributed by atoms with E-state index in [0.29, 0.717) is 25.1 Å². The number of carbonyl (C=O) groups is 2. The summed E-state index contributed by atoms with van der Waals surface area (Å²) in [6, 6.07) is 5.52. The lowest BCUT2D eigenvalue weighted by molar-refractivity contribution is -0.144. The first-order valence-corrected chi connectivity index (χ1v) is 10.2. The quantitative estimate of drug-likeness (QED) is 0.823. The van der Waals surface area contributed by atoms with E-state index in [0.717, 1.165) is 0 Å². The van der Waals surface area contributed by atoms with Crippen LogP contribution in [0.4, 0.5) is 0 Å². The molecule has 7 nitrogen and oxygen atoms in total. The molecule has 136 valence electrons. The van der Waals surface area contributed by atoms with Crippen molar-refractivity contribution in [2.45, 2.75) is 31.8 Å². The van der Waals surface area contributed by atoms with Crippen LogP contribution >= 0.6 is 0 Å². The minimum atomic E-state index is -3.28. The Morgan fingerprint density at radius 3 is 2.28 bits per heavy atom. The molecule has 2 aliphatic rings. The maximum absolute atomic E-state index is 12.7. The van der Waals surface area contributed by atoms with E-state index in [1.807, 2.05) is 0 Å². The van der Waals surface area contributed by atoms with Crippen molar-refractivity contribution < 1.29 is 23.1 Å². The van der Waals surface area contributed by atoms with Crippen LogP contribution in [0.2, 0.25) is 0 Å². The Hall–Kier alpha value is -2.09. The molecule has 0 bridgehead atoms. The van der Waals surface area contributed by atoms with Crippen LogP contribution in [0.3, 0.4) is 0 Å². The van der Waals surface area contributed by atoms with Crippen LogP contribution in [0.1, 0.15) is 18.9 Å². The van der Waals surface area contributed by atoms with Crippen molar-refractivity contribution >= 4 is 21.7 Å². The third-order valence-corrected chi connectivity index (χ3v) is 6.58. The van der Waals surface area contributed by atoms with Gasteiger partial charge in [0.05, 0.1) is 30.0 Å². The topological polar surface area (TPSA) is 95.0 Å². The van der Waals surface area contributed by atoms with E-state index < -0.39 is 21.9 Å². The van der Waals surface area contributed by atoms with Gasteiger partial charge < -0.3 is 14.9 Å². The number of sulfone groups is 1. The molecule has 3 rings (SSSR count). The number of hydrogen-bond acceptors (Lipinski definition) is 5. The van der Waals surface area contributed by atoms with E-state index in [1.165, 1.54) is 12.1 Å². The zero-order chi connectivity index (χ0) is 18.2. The van der Waals surface area contributed by atoms with Crippen LogP contribution in [0.15, 0.2) is 24.3 Å². The number of aromatic hydroxyl groups is 1. The second kappa shape index (κ2) is 6.67. The Morgan fingerprint density at radius 1 is 1.12 bits per heavy atom. The summed E-state index contributed by atoms with van der Waals surface area (Å²) in [5.41, 5.74) is 0.675. The van der Waals surface area contributed by atoms with E-state index in [1.54, 1.807) is 28.9 Å². The van der Waals surface area contributed by atoms with E-state index in [-0.39, 0.29) is 35.5 Å². The van der Waals surface area contributed by atoms with Gasteiger partial charge in [0.25, 0.3) is 0 Å². The largest absolute Gasteiger partial charge is 0.508 e. The Bertz CT molecular complexity index is 792. The molecule has 2 fully saturated rings. The van der Waals surface area contributed by atoms with Crippen LogP contribution in [-0.4, -0.2) is 71.8 Å². The fraction of sp³-hybridized carbons (Fsp3) is 0.529. The van der Waals surface area contributed by atoms with E-state index in [9.17, 15) is 23.1 Å². The summed E-state index contributed by atoms with van der Waals surface area (Å²) in [5.74, 6) is -0.352. The lowest BCUT2D eigenvalue weighted by Gasteiger charge is -2.44. The highest BCUT2D eigenvalue weighted by atomic mass is 32.2. The molecule has 0 spiro atoms. The van der Waals surface area contributed by atoms with Crippen LogP contribution in [0.25, 0.3) is 0 Å². The van der Waals surface area contributed by atoms with Crippen molar-refractivity contribution in [3.63, 3.8) is 0 Å². The zero-order valence-electron chi connectivity index (χ0n) is 14.1. The second-order valence-corrected chi connectivity index (χ2v) is 8.74. The van der Waals surface area contributed by atoms with Gasteiger partial charge in [0.1, 0.15) is 5.75 Å². The first-order valence-electron chi connectivity index (χ1n) is 8.38. The second-order valence-electron chi connectivity index (χ2n) is 6.59. The van der Waals surface area contributed by atoms with Gasteiger partial charge in [-0.25, -0.2) is 8.42 Å². The fourth-order valence-electron chi connectivity index (χ4n) is 3.72. The monoisotopic (exact) mass is 366 g/mol. The predicted octanol–water partition coefficient (Wildman–Crippen LogP) is 0.181. The van der Waals surface area contributed by atoms with E-state index >= 15 is 0 Å². The highest BCUT2D eigenvalue weighted by Gasteiger charge is 2.48. The minimum Gasteiger partial charge on any atom is -0.508 e. The Balaban J connectivity index is 1.80. The van der Waals surface area contributed by atoms with Crippen LogP contribution in [0, 0.1) is 0 Å². The molecule has 2 heterocycles. The lowest BCUT2D eigenvalue weighted by Crippen LogP contribution is -2.62. The van der Waals surface area contributed by atoms with Crippen LogP contribution < -0.4 is 0 Å². The molecule has 1 aromatic rings. The third-order valence-electron chi connectivity index (χ3n) is 4.89. The molecular formula is C17H22N2O5S. The molecule has 0 aromatic heterocycles. The molecule has 2 atom stereocenters. The fourth-order valence-corrected chi connectivity index (χ4v) is 5.70. The molecular weight excluding hydrogens is 344 g/mol. The minimum absolute atomic E-state index is 0.0767. The molecule has 25 heavy (non-hydrogen) atoms. The van der Waals surface area contributed by atoms with Gasteiger partial charge >= 0.3 is 0 Å². The maximum atomic E-state index is 12.7. The van der Waals surface area contributed by atoms with Crippen molar-refractivity contribution in [3.8, 4) is 5.75 Å². The van der Waals surface area contributed by atoms with Crippen molar-refractivity contribution in [1.29, 1.82) is 0 Å². The number of carbonyl (C=O) groups excluding carboxylic acids is 2. The summed E-state index contributed by atoms with van der Waals surface area (Å²) in [4.78, 5) is 28.1. The number of amides is 2. The molecule has 1 aromatic carbocycles. The molecule has 2 amide bonds. The van der Waals surface area contributed by atoms with Gasteiger partial charge in [0, 0.05) is 19.5 Å². The Morgan fingerprint density at radius 2 is 1.72 bits per heavy atom. The number of nitrogens with zero attached hydrogens (tertiary/aromatic N) is 2. The molecule has 2 unspecified atom stereocenters. The molecule has 8 heteroatoms. The van der Waals surface area contributed by atoms with Crippen LogP contribution in [0.5, 0.6) is 5.75 Å². The SMILES string of the molecule is CCC(=O)N1CCN(C(=O)Cc2cccc(O)c2)C2CS(=O)(=O)CC21. The molecule has 0 saturated carbocycles. The highest BCUT2D eigenvalue weighted by Crippen LogP contribution is 2.28. The summed E-state index contributed by atoms with van der Waals surface area (Å²) < 4.78 is 24.2. The summed E-state index contributed by atoms with van der Waals surface area (Å²) in [5, 5.41) is 9.53. The highest BCUT2D eigenvalue weighted by molar-refractivity contribution is 7.91. The van der Waals surface area contributed by atoms with E-state index in [2.05, 4.69) is 0 Å². The van der Waals surface area contributed by atoms with E-state index in [4.69, 9.17) is 0 Å². The van der Waals surface area contributed by atoms with Gasteiger partial charge in [-0.1, -0.05) is 19.1 Å². The van der Waals surface area contributed by atoms with Crippen LogP contribution in [-0.2, 0) is 25.8 Å². The number of benzene rings is 1. The first-order chi connectivity index (χ1) is 11.8. The maximum Gasteiger partial charge on any atom is 0.227 e. The zero-order valence-corrected chi connectivity index (χ0v) is 14.9. The van der Waals surface area contributed by atoms with Crippen molar-refractivity contribution in [3.05, 3.63) is 29.8 Å². The predicted molar refractivity (Wildman–Crippen MR) is 91.8 cm³/mol. The number of rotatable bonds is 3. The number of phenols is 1. The van der Waals surface area contributed by atoms with Gasteiger partial charge in [-0.05, 0) is 17.7 Å². The molecule has 1 N–H and O–H groups in total. The van der Waals surface area contributed by atoms with Gasteiger partial charge in [0.2, 0.25) is 11.8 Å². The van der Waals surface area contributed by atoms with Crippen molar-refractivity contribution in [1.82, 2.24) is 9.80 Å². The summed E-state index contributed by atoms with van der Waals surface area (Å²) in [6.07, 6.45) is 0.417. The molecule has 2 saturated heterocycles. The normalized spacial score (nSPS) is 24.8. The average Bonchev–Trinajstić information content (AvgIpc) is 2.87. The molecule has 2 aliphatic heterocycles. The first kappa shape index (κ1) is 17.7. The Labute approximate surface area is 147 Å². The summed E-state index contributed by atoms with van der Waals surface area (Å²) in [6.45, 7) is 2.44. The third kappa shape index (κ3) is 3.63. The smallest absolute Gasteiger partial charge is 0.227 e. The number of phenolic OH excluding ortho intramolecular Hbond substituents is 1. The van der Waals surface area contributed by atoms with Gasteiger partial charge in [-0.3, -0.25) is 9.59 Å². The molecule has 0 aliphatic carbocycles. The lowest BCUT2D eigenvalue weighted by atomic mass is 10.0. The summed E-state index contributed by atoms with van der Waals surface area (Å²) in [7, 11) is -3.28.